The number of carbonyl (C=O) groups is 6. The molecule has 0 radical (unpaired) electrons. The summed E-state index contributed by atoms with van der Waals surface area (Å²) in [5, 5.41) is 22.3. The summed E-state index contributed by atoms with van der Waals surface area (Å²) in [5.74, 6) is -1.48. The molecule has 0 heterocycles. The Hall–Kier alpha value is -3.28. The number of aliphatic hydroxyl groups is 2. The third kappa shape index (κ3) is 65.3. The lowest BCUT2D eigenvalue weighted by molar-refractivity contribution is -0.903. The molecular weight excluding hydrogens is 1260 g/mol. The van der Waals surface area contributed by atoms with Crippen molar-refractivity contribution in [1.29, 1.82) is 0 Å². The van der Waals surface area contributed by atoms with Crippen molar-refractivity contribution in [2.24, 2.45) is 0 Å². The van der Waals surface area contributed by atoms with Crippen molar-refractivity contribution in [1.82, 2.24) is 0 Å². The first-order chi connectivity index (χ1) is 44.4. The Morgan fingerprint density at radius 2 is 0.635 bits per heavy atom. The number of ether oxygens (including phenoxy) is 6. The van der Waals surface area contributed by atoms with E-state index < -0.39 is 24.4 Å². The maximum Gasteiger partial charge on any atom is 0.362 e. The number of hydrogen-bond acceptors (Lipinski definition) is 14. The molecule has 0 saturated carbocycles. The molecule has 6 atom stereocenters. The largest absolute Gasteiger partial charge is 1.00 e. The Morgan fingerprint density at radius 1 is 0.344 bits per heavy atom. The van der Waals surface area contributed by atoms with Gasteiger partial charge in [0.05, 0.1) is 52.6 Å². The molecule has 0 aromatic carbocycles. The monoisotopic (exact) mass is 1410 g/mol. The standard InChI is InChI=1S/C76H142N2O14.2CH4.2ClH/c1-9-13-17-19-37-47-57-77(7,59-63-87-67(5)79)65-75(85)91-71(53-41-15-11-3)69(81)51-43-33-27-21-23-29-35-45-55-73(83)89-61-49-39-31-25-26-32-40-50-62-90-74(84)56-46-36-30-24-22-28-34-44-52-70(82)72(54-42-16-12-4)92-76(86)66-78(8,60-64-88-68(6)80)58-48-38-20-18-14-10-2;;;;/h33-34,43-44,69-72,81-82H,9-32,35-42,45-66H2,1-8H3;2*1H4;2*1H/q+2;;;;/p-2/b43-33-,44-34-;;;;. The van der Waals surface area contributed by atoms with Crippen molar-refractivity contribution < 1.29 is 101 Å². The second-order valence-corrected chi connectivity index (χ2v) is 27.1. The van der Waals surface area contributed by atoms with Gasteiger partial charge in [-0.1, -0.05) is 221 Å². The van der Waals surface area contributed by atoms with Gasteiger partial charge in [-0.05, 0) is 116 Å². The molecule has 0 aliphatic carbocycles. The average Bonchev–Trinajstić information content (AvgIpc) is 2.95. The van der Waals surface area contributed by atoms with E-state index >= 15 is 0 Å². The van der Waals surface area contributed by atoms with Gasteiger partial charge in [0.25, 0.3) is 0 Å². The van der Waals surface area contributed by atoms with Crippen molar-refractivity contribution in [2.45, 2.75) is 363 Å². The quantitative estimate of drug-likeness (QED) is 0.0192. The van der Waals surface area contributed by atoms with E-state index in [-0.39, 0.29) is 102 Å². The number of nitrogens with zero attached hydrogens (tertiary/aromatic N) is 2. The molecule has 570 valence electrons. The van der Waals surface area contributed by atoms with Gasteiger partial charge in [-0.2, -0.15) is 0 Å². The zero-order valence-electron chi connectivity index (χ0n) is 61.2. The van der Waals surface area contributed by atoms with Crippen molar-refractivity contribution in [3.8, 4) is 0 Å². The van der Waals surface area contributed by atoms with Crippen molar-refractivity contribution in [3.05, 3.63) is 24.3 Å². The average molecular weight is 1410 g/mol. The van der Waals surface area contributed by atoms with Crippen LogP contribution in [0.1, 0.15) is 339 Å². The van der Waals surface area contributed by atoms with Gasteiger partial charge >= 0.3 is 35.8 Å². The van der Waals surface area contributed by atoms with E-state index in [4.69, 9.17) is 28.4 Å². The molecule has 0 aliphatic rings. The minimum Gasteiger partial charge on any atom is -1.00 e. The molecule has 2 N–H and O–H groups in total. The number of hydrogen-bond donors (Lipinski definition) is 2. The second-order valence-electron chi connectivity index (χ2n) is 27.1. The summed E-state index contributed by atoms with van der Waals surface area (Å²) < 4.78 is 34.4. The number of halogens is 2. The Balaban J connectivity index is -0.00000690. The van der Waals surface area contributed by atoms with Crippen LogP contribution in [0.25, 0.3) is 0 Å². The number of rotatable bonds is 67. The molecule has 18 heteroatoms. The fraction of sp³-hybridized carbons (Fsp3) is 0.872. The lowest BCUT2D eigenvalue weighted by Gasteiger charge is -2.34. The number of likely N-dealkylation sites (N-methyl/N-ethyl adjacent to an activating group) is 2. The van der Waals surface area contributed by atoms with E-state index in [0.717, 1.165) is 206 Å². The van der Waals surface area contributed by atoms with E-state index in [0.29, 0.717) is 73.8 Å². The van der Waals surface area contributed by atoms with Crippen LogP contribution in [-0.2, 0) is 57.2 Å². The van der Waals surface area contributed by atoms with Gasteiger partial charge in [-0.3, -0.25) is 19.2 Å². The number of allylic oxidation sites excluding steroid dienone is 2. The fourth-order valence-corrected chi connectivity index (χ4v) is 11.7. The van der Waals surface area contributed by atoms with Crippen molar-refractivity contribution in [3.63, 3.8) is 0 Å². The maximum absolute atomic E-state index is 13.4. The van der Waals surface area contributed by atoms with Crippen LogP contribution in [0.4, 0.5) is 0 Å². The molecule has 0 spiro atoms. The van der Waals surface area contributed by atoms with Crippen LogP contribution in [0.5, 0.6) is 0 Å². The van der Waals surface area contributed by atoms with Gasteiger partial charge in [0.1, 0.15) is 38.5 Å². The summed E-state index contributed by atoms with van der Waals surface area (Å²) in [4.78, 5) is 74.3. The number of quaternary nitrogens is 2. The number of aliphatic hydroxyl groups excluding tert-OH is 2. The number of esters is 6. The molecular formula is C78H150Cl2N2O14. The summed E-state index contributed by atoms with van der Waals surface area (Å²) in [5.41, 5.74) is 0. The first kappa shape index (κ1) is 101. The van der Waals surface area contributed by atoms with E-state index in [1.54, 1.807) is 0 Å². The van der Waals surface area contributed by atoms with Crippen LogP contribution in [-0.4, -0.2) is 159 Å². The van der Waals surface area contributed by atoms with Crippen LogP contribution in [0.15, 0.2) is 24.3 Å². The summed E-state index contributed by atoms with van der Waals surface area (Å²) in [6.45, 7) is 16.0. The first-order valence-electron chi connectivity index (χ1n) is 37.7. The molecule has 6 unspecified atom stereocenters. The predicted molar refractivity (Wildman–Crippen MR) is 386 cm³/mol. The molecule has 0 aliphatic heterocycles. The van der Waals surface area contributed by atoms with E-state index in [1.165, 1.54) is 65.2 Å². The zero-order chi connectivity index (χ0) is 68.0. The molecule has 0 fully saturated rings. The minimum atomic E-state index is -0.770. The summed E-state index contributed by atoms with van der Waals surface area (Å²) in [6, 6.07) is 0. The molecule has 0 aromatic heterocycles. The zero-order valence-corrected chi connectivity index (χ0v) is 62.8. The highest BCUT2D eigenvalue weighted by atomic mass is 35.5. The van der Waals surface area contributed by atoms with Crippen molar-refractivity contribution in [2.75, 3.05) is 79.8 Å². The Bertz CT molecular complexity index is 1750. The van der Waals surface area contributed by atoms with Gasteiger partial charge in [-0.15, -0.1) is 0 Å². The topological polar surface area (TPSA) is 198 Å². The Kier molecular flexibility index (Phi) is 75.5. The van der Waals surface area contributed by atoms with Gasteiger partial charge in [0, 0.05) is 26.7 Å². The lowest BCUT2D eigenvalue weighted by atomic mass is 10.0. The van der Waals surface area contributed by atoms with Gasteiger partial charge in [-0.25, -0.2) is 9.59 Å². The minimum absolute atomic E-state index is 0. The normalized spacial score (nSPS) is 13.7. The highest BCUT2D eigenvalue weighted by molar-refractivity contribution is 5.71. The number of unbranched alkanes of at least 4 members (excludes halogenated alkanes) is 31. The van der Waals surface area contributed by atoms with Crippen LogP contribution in [0, 0.1) is 0 Å². The molecule has 0 saturated heterocycles. The predicted octanol–water partition coefficient (Wildman–Crippen LogP) is 12.3. The number of carbonyl (C=O) groups excluding carboxylic acids is 6. The lowest BCUT2D eigenvalue weighted by Crippen LogP contribution is -3.00. The highest BCUT2D eigenvalue weighted by Gasteiger charge is 2.32. The van der Waals surface area contributed by atoms with E-state index in [2.05, 4.69) is 39.8 Å². The summed E-state index contributed by atoms with van der Waals surface area (Å²) in [7, 11) is 4.06. The maximum atomic E-state index is 13.4. The third-order valence-electron chi connectivity index (χ3n) is 17.8. The van der Waals surface area contributed by atoms with Crippen LogP contribution >= 0.6 is 0 Å². The smallest absolute Gasteiger partial charge is 0.362 e. The molecule has 0 amide bonds. The van der Waals surface area contributed by atoms with E-state index in [1.807, 2.05) is 26.2 Å². The van der Waals surface area contributed by atoms with Crippen LogP contribution < -0.4 is 24.8 Å². The van der Waals surface area contributed by atoms with Gasteiger partial charge in [0.2, 0.25) is 0 Å². The van der Waals surface area contributed by atoms with Crippen LogP contribution in [0.2, 0.25) is 0 Å². The molecule has 0 aromatic rings. The van der Waals surface area contributed by atoms with Gasteiger partial charge in [0.15, 0.2) is 13.1 Å². The summed E-state index contributed by atoms with van der Waals surface area (Å²) >= 11 is 0. The van der Waals surface area contributed by atoms with Crippen molar-refractivity contribution >= 4 is 35.8 Å². The van der Waals surface area contributed by atoms with Gasteiger partial charge < -0.3 is 72.4 Å². The Morgan fingerprint density at radius 3 is 0.969 bits per heavy atom. The molecule has 0 rings (SSSR count). The second kappa shape index (κ2) is 71.5. The summed E-state index contributed by atoms with van der Waals surface area (Å²) in [6.07, 6.45) is 48.7. The van der Waals surface area contributed by atoms with Crippen LogP contribution in [0.3, 0.4) is 0 Å². The molecule has 96 heavy (non-hydrogen) atoms. The third-order valence-corrected chi connectivity index (χ3v) is 17.8. The highest BCUT2D eigenvalue weighted by Crippen LogP contribution is 2.21. The fourth-order valence-electron chi connectivity index (χ4n) is 11.7. The SMILES string of the molecule is C.C.CCCCCCCC[N+](C)(CCOC(C)=O)CC(=O)OC(CCCCC)C(O)C/C=C\CCCCCCCC(=O)OCCCCCCCCCCOC(=O)CCCCCCC/C=C\CC(O)C(CCCCC)OC(=O)C[N+](C)(CCCCCCCC)CCOC(C)=O.[Cl-].[Cl-]. The van der Waals surface area contributed by atoms with E-state index in [9.17, 15) is 39.0 Å². The molecule has 16 nitrogen and oxygen atoms in total. The Labute approximate surface area is 601 Å². The first-order valence-corrected chi connectivity index (χ1v) is 37.7. The molecule has 0 bridgehead atoms.